The maximum absolute atomic E-state index is 12.1. The number of carbonyl (C=O) groups is 2. The molecule has 1 aromatic carbocycles. The monoisotopic (exact) mass is 321 g/mol. The molecule has 23 heavy (non-hydrogen) atoms. The van der Waals surface area contributed by atoms with E-state index in [4.69, 9.17) is 14.6 Å². The molecule has 124 valence electrons. The summed E-state index contributed by atoms with van der Waals surface area (Å²) in [4.78, 5) is 27.4. The van der Waals surface area contributed by atoms with E-state index in [9.17, 15) is 9.59 Å². The van der Waals surface area contributed by atoms with E-state index >= 15 is 0 Å². The molecule has 1 amide bonds. The summed E-state index contributed by atoms with van der Waals surface area (Å²) in [5.41, 5.74) is 1.46. The highest BCUT2D eigenvalue weighted by molar-refractivity contribution is 5.92. The third-order valence-corrected chi connectivity index (χ3v) is 3.41. The van der Waals surface area contributed by atoms with Gasteiger partial charge in [-0.1, -0.05) is 0 Å². The van der Waals surface area contributed by atoms with Crippen LogP contribution in [0.25, 0.3) is 11.0 Å². The second-order valence-corrected chi connectivity index (χ2v) is 4.91. The fourth-order valence-corrected chi connectivity index (χ4v) is 2.17. The number of nitrogens with one attached hydrogen (secondary N) is 1. The van der Waals surface area contributed by atoms with E-state index in [1.807, 2.05) is 0 Å². The number of amides is 1. The summed E-state index contributed by atoms with van der Waals surface area (Å²) in [5, 5.41) is 11.8. The third kappa shape index (κ3) is 4.05. The first-order chi connectivity index (χ1) is 11.1. The molecule has 0 fully saturated rings. The summed E-state index contributed by atoms with van der Waals surface area (Å²) in [7, 11) is 3.00. The van der Waals surface area contributed by atoms with Crippen LogP contribution in [-0.4, -0.2) is 60.0 Å². The largest absolute Gasteiger partial charge is 0.478 e. The van der Waals surface area contributed by atoms with Crippen LogP contribution < -0.4 is 5.32 Å². The molecule has 1 atom stereocenters. The molecule has 8 nitrogen and oxygen atoms in total. The predicted molar refractivity (Wildman–Crippen MR) is 82.4 cm³/mol. The molecule has 0 saturated carbocycles. The number of fused-ring (bicyclic) bond motifs is 1. The number of rotatable bonds is 8. The van der Waals surface area contributed by atoms with Gasteiger partial charge in [0.05, 0.1) is 36.1 Å². The van der Waals surface area contributed by atoms with Gasteiger partial charge in [-0.05, 0) is 18.2 Å². The molecule has 1 unspecified atom stereocenters. The van der Waals surface area contributed by atoms with Crippen molar-refractivity contribution in [2.75, 3.05) is 27.4 Å². The number of carboxylic acids is 1. The van der Waals surface area contributed by atoms with E-state index in [0.29, 0.717) is 24.2 Å². The zero-order valence-corrected chi connectivity index (χ0v) is 13.0. The zero-order valence-electron chi connectivity index (χ0n) is 13.0. The van der Waals surface area contributed by atoms with Crippen LogP contribution in [0.2, 0.25) is 0 Å². The summed E-state index contributed by atoms with van der Waals surface area (Å²) >= 11 is 0. The predicted octanol–water partition coefficient (Wildman–Crippen LogP) is 0.512. The average Bonchev–Trinajstić information content (AvgIpc) is 2.94. The van der Waals surface area contributed by atoms with Crippen LogP contribution in [-0.2, 0) is 20.8 Å². The van der Waals surface area contributed by atoms with E-state index in [-0.39, 0.29) is 18.0 Å². The number of nitrogens with zero attached hydrogens (tertiary/aromatic N) is 2. The Hall–Kier alpha value is -2.45. The summed E-state index contributed by atoms with van der Waals surface area (Å²) in [6.45, 7) is 1.04. The Balaban J connectivity index is 2.17. The van der Waals surface area contributed by atoms with Gasteiger partial charge >= 0.3 is 5.97 Å². The van der Waals surface area contributed by atoms with Crippen molar-refractivity contribution in [2.45, 2.75) is 12.6 Å². The van der Waals surface area contributed by atoms with Crippen molar-refractivity contribution in [3.8, 4) is 0 Å². The smallest absolute Gasteiger partial charge is 0.335 e. The minimum Gasteiger partial charge on any atom is -0.478 e. The van der Waals surface area contributed by atoms with Crippen LogP contribution in [0.4, 0.5) is 0 Å². The highest BCUT2D eigenvalue weighted by Crippen LogP contribution is 2.16. The standard InChI is InChI=1S/C15H19N3O5/c1-22-6-5-16-14(19)13(23-2)8-18-9-17-11-4-3-10(15(20)21)7-12(11)18/h3-4,7,9,13H,5-6,8H2,1-2H3,(H,16,19)(H,20,21). The lowest BCUT2D eigenvalue weighted by Gasteiger charge is -2.16. The number of ether oxygens (including phenoxy) is 2. The van der Waals surface area contributed by atoms with Crippen LogP contribution in [0.1, 0.15) is 10.4 Å². The van der Waals surface area contributed by atoms with Crippen molar-refractivity contribution in [2.24, 2.45) is 0 Å². The summed E-state index contributed by atoms with van der Waals surface area (Å²) in [6, 6.07) is 4.66. The molecule has 0 spiro atoms. The molecule has 2 rings (SSSR count). The normalized spacial score (nSPS) is 12.3. The van der Waals surface area contributed by atoms with Crippen LogP contribution in [0.3, 0.4) is 0 Å². The maximum atomic E-state index is 12.1. The Morgan fingerprint density at radius 1 is 1.39 bits per heavy atom. The van der Waals surface area contributed by atoms with Gasteiger partial charge < -0.3 is 24.5 Å². The Kier molecular flexibility index (Phi) is 5.67. The molecule has 1 heterocycles. The summed E-state index contributed by atoms with van der Waals surface area (Å²) in [5.74, 6) is -1.28. The van der Waals surface area contributed by atoms with Gasteiger partial charge in [0.15, 0.2) is 6.10 Å². The van der Waals surface area contributed by atoms with Crippen molar-refractivity contribution in [1.29, 1.82) is 0 Å². The van der Waals surface area contributed by atoms with Crippen LogP contribution in [0.15, 0.2) is 24.5 Å². The number of hydrogen-bond donors (Lipinski definition) is 2. The van der Waals surface area contributed by atoms with E-state index in [2.05, 4.69) is 10.3 Å². The van der Waals surface area contributed by atoms with Crippen molar-refractivity contribution in [1.82, 2.24) is 14.9 Å². The number of methoxy groups -OCH3 is 2. The molecule has 1 aromatic heterocycles. The summed E-state index contributed by atoms with van der Waals surface area (Å²) < 4.78 is 11.8. The number of carbonyl (C=O) groups excluding carboxylic acids is 1. The number of hydrogen-bond acceptors (Lipinski definition) is 5. The number of imidazole rings is 1. The fourth-order valence-electron chi connectivity index (χ4n) is 2.17. The lowest BCUT2D eigenvalue weighted by atomic mass is 10.2. The molecule has 0 aliphatic heterocycles. The lowest BCUT2D eigenvalue weighted by molar-refractivity contribution is -0.131. The van der Waals surface area contributed by atoms with Gasteiger partial charge in [0.25, 0.3) is 5.91 Å². The Labute approximate surface area is 133 Å². The molecule has 0 aliphatic carbocycles. The van der Waals surface area contributed by atoms with E-state index in [1.165, 1.54) is 19.2 Å². The van der Waals surface area contributed by atoms with E-state index < -0.39 is 12.1 Å². The molecular weight excluding hydrogens is 302 g/mol. The highest BCUT2D eigenvalue weighted by atomic mass is 16.5. The van der Waals surface area contributed by atoms with Gasteiger partial charge in [-0.3, -0.25) is 4.79 Å². The van der Waals surface area contributed by atoms with E-state index in [1.54, 1.807) is 24.1 Å². The highest BCUT2D eigenvalue weighted by Gasteiger charge is 2.19. The minimum absolute atomic E-state index is 0.165. The first-order valence-electron chi connectivity index (χ1n) is 7.04. The second kappa shape index (κ2) is 7.70. The topological polar surface area (TPSA) is 103 Å². The molecule has 0 radical (unpaired) electrons. The van der Waals surface area contributed by atoms with Gasteiger partial charge in [-0.25, -0.2) is 9.78 Å². The quantitative estimate of drug-likeness (QED) is 0.687. The van der Waals surface area contributed by atoms with Gasteiger partial charge in [0, 0.05) is 20.8 Å². The minimum atomic E-state index is -1.01. The molecule has 2 N–H and O–H groups in total. The first-order valence-corrected chi connectivity index (χ1v) is 7.04. The molecular formula is C15H19N3O5. The molecule has 0 aliphatic rings. The fraction of sp³-hybridized carbons (Fsp3) is 0.400. The average molecular weight is 321 g/mol. The van der Waals surface area contributed by atoms with E-state index in [0.717, 1.165) is 0 Å². The molecule has 8 heteroatoms. The Morgan fingerprint density at radius 3 is 2.83 bits per heavy atom. The number of aromatic carboxylic acids is 1. The SMILES string of the molecule is COCCNC(=O)C(Cn1cnc2ccc(C(=O)O)cc21)OC. The van der Waals surface area contributed by atoms with Crippen LogP contribution in [0.5, 0.6) is 0 Å². The van der Waals surface area contributed by atoms with Crippen LogP contribution in [0, 0.1) is 0 Å². The Bertz CT molecular complexity index is 697. The number of benzene rings is 1. The zero-order chi connectivity index (χ0) is 16.8. The van der Waals surface area contributed by atoms with Gasteiger partial charge in [0.2, 0.25) is 0 Å². The van der Waals surface area contributed by atoms with Crippen molar-refractivity contribution in [3.63, 3.8) is 0 Å². The van der Waals surface area contributed by atoms with Crippen molar-refractivity contribution < 1.29 is 24.2 Å². The summed E-state index contributed by atoms with van der Waals surface area (Å²) in [6.07, 6.45) is 0.850. The van der Waals surface area contributed by atoms with Gasteiger partial charge in [0.1, 0.15) is 0 Å². The lowest BCUT2D eigenvalue weighted by Crippen LogP contribution is -2.39. The van der Waals surface area contributed by atoms with Gasteiger partial charge in [-0.2, -0.15) is 0 Å². The van der Waals surface area contributed by atoms with Gasteiger partial charge in [-0.15, -0.1) is 0 Å². The van der Waals surface area contributed by atoms with Crippen LogP contribution >= 0.6 is 0 Å². The third-order valence-electron chi connectivity index (χ3n) is 3.41. The van der Waals surface area contributed by atoms with Crippen molar-refractivity contribution in [3.05, 3.63) is 30.1 Å². The second-order valence-electron chi connectivity index (χ2n) is 4.91. The maximum Gasteiger partial charge on any atom is 0.335 e. The first kappa shape index (κ1) is 16.9. The van der Waals surface area contributed by atoms with Crippen molar-refractivity contribution >= 4 is 22.9 Å². The molecule has 0 saturated heterocycles. The molecule has 0 bridgehead atoms. The Morgan fingerprint density at radius 2 is 2.17 bits per heavy atom. The molecule has 2 aromatic rings. The number of carboxylic acid groups (broad SMARTS) is 1. The number of aromatic nitrogens is 2.